The summed E-state index contributed by atoms with van der Waals surface area (Å²) in [6.07, 6.45) is -3.88. The Morgan fingerprint density at radius 3 is 2.56 bits per heavy atom. The normalized spacial score (nSPS) is 14.9. The predicted molar refractivity (Wildman–Crippen MR) is 119 cm³/mol. The van der Waals surface area contributed by atoms with Crippen molar-refractivity contribution in [3.63, 3.8) is 0 Å². The molecule has 0 saturated carbocycles. The number of halogens is 3. The number of aromatic nitrogens is 3. The molecule has 0 N–H and O–H groups in total. The lowest BCUT2D eigenvalue weighted by Gasteiger charge is -2.35. The summed E-state index contributed by atoms with van der Waals surface area (Å²) in [5, 5.41) is 4.54. The number of anilines is 1. The molecule has 0 aliphatic carbocycles. The molecular formula is C23H26F3N5O3. The average Bonchev–Trinajstić information content (AvgIpc) is 3.22. The van der Waals surface area contributed by atoms with Gasteiger partial charge in [-0.05, 0) is 18.1 Å². The van der Waals surface area contributed by atoms with E-state index in [1.54, 1.807) is 11.0 Å². The molecule has 1 aliphatic heterocycles. The van der Waals surface area contributed by atoms with E-state index < -0.39 is 11.7 Å². The largest absolute Gasteiger partial charge is 0.416 e. The number of hydrogen-bond acceptors (Lipinski definition) is 7. The topological polar surface area (TPSA) is 84.6 Å². The van der Waals surface area contributed by atoms with Crippen molar-refractivity contribution in [2.75, 3.05) is 44.8 Å². The number of rotatable bonds is 6. The van der Waals surface area contributed by atoms with Crippen LogP contribution in [0.3, 0.4) is 0 Å². The first kappa shape index (κ1) is 23.9. The van der Waals surface area contributed by atoms with E-state index in [2.05, 4.69) is 10.1 Å². The minimum Gasteiger partial charge on any atom is -0.375 e. The highest BCUT2D eigenvalue weighted by atomic mass is 19.4. The summed E-state index contributed by atoms with van der Waals surface area (Å²) in [4.78, 5) is 25.1. The Hall–Kier alpha value is -3.21. The van der Waals surface area contributed by atoms with E-state index in [9.17, 15) is 18.0 Å². The third-order valence-electron chi connectivity index (χ3n) is 5.62. The molecule has 182 valence electrons. The van der Waals surface area contributed by atoms with Crippen LogP contribution < -0.4 is 4.90 Å². The maximum atomic E-state index is 13.3. The van der Waals surface area contributed by atoms with E-state index in [1.807, 2.05) is 18.7 Å². The summed E-state index contributed by atoms with van der Waals surface area (Å²) in [6, 6.07) is 4.96. The highest BCUT2D eigenvalue weighted by Gasteiger charge is 2.32. The summed E-state index contributed by atoms with van der Waals surface area (Å²) < 4.78 is 50.3. The predicted octanol–water partition coefficient (Wildman–Crippen LogP) is 3.80. The molecule has 8 nitrogen and oxygen atoms in total. The maximum Gasteiger partial charge on any atom is 0.416 e. The van der Waals surface area contributed by atoms with E-state index >= 15 is 0 Å². The molecule has 0 radical (unpaired) electrons. The van der Waals surface area contributed by atoms with Crippen LogP contribution in [-0.2, 0) is 22.1 Å². The lowest BCUT2D eigenvalue weighted by molar-refractivity contribution is -0.137. The number of carbonyl (C=O) groups is 1. The smallest absolute Gasteiger partial charge is 0.375 e. The fourth-order valence-corrected chi connectivity index (χ4v) is 3.99. The summed E-state index contributed by atoms with van der Waals surface area (Å²) in [5.41, 5.74) is -0.0229. The van der Waals surface area contributed by atoms with Crippen LogP contribution in [0.15, 0.2) is 28.8 Å². The Morgan fingerprint density at radius 1 is 1.18 bits per heavy atom. The van der Waals surface area contributed by atoms with Gasteiger partial charge < -0.3 is 19.1 Å². The summed E-state index contributed by atoms with van der Waals surface area (Å²) >= 11 is 0. The van der Waals surface area contributed by atoms with Crippen LogP contribution in [0.1, 0.15) is 25.2 Å². The number of amides is 1. The number of alkyl halides is 3. The van der Waals surface area contributed by atoms with Gasteiger partial charge in [0.25, 0.3) is 5.71 Å². The number of benzene rings is 1. The van der Waals surface area contributed by atoms with Crippen LogP contribution in [0, 0.1) is 5.92 Å². The molecule has 4 rings (SSSR count). The van der Waals surface area contributed by atoms with Gasteiger partial charge in [0.05, 0.1) is 5.56 Å². The van der Waals surface area contributed by atoms with Crippen LogP contribution in [-0.4, -0.2) is 65.8 Å². The van der Waals surface area contributed by atoms with Crippen molar-refractivity contribution in [2.45, 2.75) is 26.4 Å². The second kappa shape index (κ2) is 9.57. The second-order valence-electron chi connectivity index (χ2n) is 8.65. The molecule has 1 saturated heterocycles. The molecule has 0 bridgehead atoms. The van der Waals surface area contributed by atoms with Gasteiger partial charge in [0.15, 0.2) is 0 Å². The lowest BCUT2D eigenvalue weighted by atomic mass is 10.1. The fraction of sp³-hybridized carbons (Fsp3) is 0.478. The van der Waals surface area contributed by atoms with Crippen molar-refractivity contribution in [1.29, 1.82) is 0 Å². The molecule has 0 spiro atoms. The molecule has 34 heavy (non-hydrogen) atoms. The maximum absolute atomic E-state index is 13.3. The Labute approximate surface area is 194 Å². The Balaban J connectivity index is 1.76. The van der Waals surface area contributed by atoms with Crippen molar-refractivity contribution in [1.82, 2.24) is 20.0 Å². The van der Waals surface area contributed by atoms with E-state index in [0.29, 0.717) is 55.5 Å². The van der Waals surface area contributed by atoms with Gasteiger partial charge in [-0.1, -0.05) is 31.1 Å². The first-order chi connectivity index (χ1) is 16.2. The molecule has 11 heteroatoms. The quantitative estimate of drug-likeness (QED) is 0.534. The van der Waals surface area contributed by atoms with Gasteiger partial charge in [-0.15, -0.1) is 0 Å². The standard InChI is InChI=1S/C23H26F3N5O3/c1-14(2)11-17-27-21(31-9-7-30(8-10-31)18(32)13-33-3)19-20(29-34-22(19)28-17)15-5-4-6-16(12-15)23(24,25)26/h4-6,12,14H,7-11,13H2,1-3H3. The van der Waals surface area contributed by atoms with Crippen molar-refractivity contribution >= 4 is 22.8 Å². The first-order valence-electron chi connectivity index (χ1n) is 11.0. The summed E-state index contributed by atoms with van der Waals surface area (Å²) in [5.74, 6) is 1.32. The minimum absolute atomic E-state index is 0.0155. The Kier molecular flexibility index (Phi) is 6.74. The SMILES string of the molecule is COCC(=O)N1CCN(c2nc(CC(C)C)nc3onc(-c4cccc(C(F)(F)F)c4)c23)CC1. The molecule has 1 amide bonds. The molecule has 3 aromatic rings. The highest BCUT2D eigenvalue weighted by molar-refractivity contribution is 5.98. The minimum atomic E-state index is -4.48. The van der Waals surface area contributed by atoms with E-state index in [0.717, 1.165) is 12.1 Å². The fourth-order valence-electron chi connectivity index (χ4n) is 3.99. The average molecular weight is 477 g/mol. The second-order valence-corrected chi connectivity index (χ2v) is 8.65. The molecule has 0 atom stereocenters. The number of hydrogen-bond donors (Lipinski definition) is 0. The van der Waals surface area contributed by atoms with E-state index in [-0.39, 0.29) is 29.5 Å². The van der Waals surface area contributed by atoms with E-state index in [1.165, 1.54) is 13.2 Å². The first-order valence-corrected chi connectivity index (χ1v) is 11.0. The van der Waals surface area contributed by atoms with Crippen molar-refractivity contribution in [2.24, 2.45) is 5.92 Å². The van der Waals surface area contributed by atoms with E-state index in [4.69, 9.17) is 14.2 Å². The number of fused-ring (bicyclic) bond motifs is 1. The monoisotopic (exact) mass is 477 g/mol. The molecule has 2 aromatic heterocycles. The zero-order valence-corrected chi connectivity index (χ0v) is 19.2. The molecule has 0 unspecified atom stereocenters. The number of piperazine rings is 1. The van der Waals surface area contributed by atoms with Crippen LogP contribution in [0.25, 0.3) is 22.4 Å². The number of carbonyl (C=O) groups excluding carboxylic acids is 1. The van der Waals surface area contributed by atoms with Gasteiger partial charge in [0.1, 0.15) is 29.3 Å². The van der Waals surface area contributed by atoms with Gasteiger partial charge >= 0.3 is 6.18 Å². The van der Waals surface area contributed by atoms with Crippen molar-refractivity contribution in [3.8, 4) is 11.3 Å². The zero-order valence-electron chi connectivity index (χ0n) is 19.2. The van der Waals surface area contributed by atoms with Gasteiger partial charge in [-0.25, -0.2) is 4.98 Å². The van der Waals surface area contributed by atoms with Crippen LogP contribution >= 0.6 is 0 Å². The Morgan fingerprint density at radius 2 is 1.91 bits per heavy atom. The molecule has 1 aliphatic rings. The Bertz CT molecular complexity index is 1170. The molecule has 3 heterocycles. The molecular weight excluding hydrogens is 451 g/mol. The van der Waals surface area contributed by atoms with Gasteiger partial charge in [-0.3, -0.25) is 4.79 Å². The molecule has 1 aromatic carbocycles. The van der Waals surface area contributed by atoms with Gasteiger partial charge in [-0.2, -0.15) is 18.2 Å². The lowest BCUT2D eigenvalue weighted by Crippen LogP contribution is -2.50. The third kappa shape index (κ3) is 4.98. The third-order valence-corrected chi connectivity index (χ3v) is 5.62. The van der Waals surface area contributed by atoms with Crippen molar-refractivity contribution in [3.05, 3.63) is 35.7 Å². The number of methoxy groups -OCH3 is 1. The van der Waals surface area contributed by atoms with Crippen LogP contribution in [0.2, 0.25) is 0 Å². The highest BCUT2D eigenvalue weighted by Crippen LogP contribution is 2.37. The summed E-state index contributed by atoms with van der Waals surface area (Å²) in [7, 11) is 1.48. The summed E-state index contributed by atoms with van der Waals surface area (Å²) in [6.45, 7) is 6.03. The van der Waals surface area contributed by atoms with Crippen LogP contribution in [0.5, 0.6) is 0 Å². The van der Waals surface area contributed by atoms with Crippen LogP contribution in [0.4, 0.5) is 19.0 Å². The van der Waals surface area contributed by atoms with Gasteiger partial charge in [0.2, 0.25) is 5.91 Å². The van der Waals surface area contributed by atoms with Gasteiger partial charge in [0, 0.05) is 45.3 Å². The number of nitrogens with zero attached hydrogens (tertiary/aromatic N) is 5. The number of ether oxygens (including phenoxy) is 1. The zero-order chi connectivity index (χ0) is 24.5. The van der Waals surface area contributed by atoms with Crippen molar-refractivity contribution < 1.29 is 27.2 Å². The molecule has 1 fully saturated rings.